The summed E-state index contributed by atoms with van der Waals surface area (Å²) in [6, 6.07) is 0.237. The quantitative estimate of drug-likeness (QED) is 0.708. The first-order valence-electron chi connectivity index (χ1n) is 10.4. The van der Waals surface area contributed by atoms with E-state index >= 15 is 0 Å². The van der Waals surface area contributed by atoms with Gasteiger partial charge in [0.2, 0.25) is 11.8 Å². The van der Waals surface area contributed by atoms with Gasteiger partial charge in [0.05, 0.1) is 0 Å². The molecule has 1 aliphatic rings. The van der Waals surface area contributed by atoms with Gasteiger partial charge in [0.25, 0.3) is 0 Å². The lowest BCUT2D eigenvalue weighted by Crippen LogP contribution is -2.59. The fourth-order valence-corrected chi connectivity index (χ4v) is 5.06. The Morgan fingerprint density at radius 2 is 1.15 bits per heavy atom. The molecule has 0 saturated heterocycles. The highest BCUT2D eigenvalue weighted by Gasteiger charge is 2.54. The van der Waals surface area contributed by atoms with Crippen molar-refractivity contribution in [1.82, 2.24) is 10.6 Å². The second-order valence-electron chi connectivity index (χ2n) is 10.3. The fraction of sp³-hybridized carbons (Fsp3) is 0.909. The molecule has 0 heterocycles. The summed E-state index contributed by atoms with van der Waals surface area (Å²) in [5.74, 6) is 0.268. The Morgan fingerprint density at radius 1 is 0.808 bits per heavy atom. The van der Waals surface area contributed by atoms with Crippen LogP contribution in [0.1, 0.15) is 100 Å². The highest BCUT2D eigenvalue weighted by Crippen LogP contribution is 2.59. The molecule has 0 radical (unpaired) electrons. The summed E-state index contributed by atoms with van der Waals surface area (Å²) < 4.78 is 0. The lowest BCUT2D eigenvalue weighted by molar-refractivity contribution is -0.127. The first kappa shape index (κ1) is 23.0. The molecule has 0 aromatic carbocycles. The summed E-state index contributed by atoms with van der Waals surface area (Å²) in [7, 11) is 0. The van der Waals surface area contributed by atoms with Crippen molar-refractivity contribution in [1.29, 1.82) is 0 Å². The van der Waals surface area contributed by atoms with Gasteiger partial charge in [-0.15, -0.1) is 0 Å². The van der Waals surface area contributed by atoms with E-state index in [0.29, 0.717) is 12.8 Å². The van der Waals surface area contributed by atoms with Crippen molar-refractivity contribution in [2.45, 2.75) is 112 Å². The molecule has 1 fully saturated rings. The van der Waals surface area contributed by atoms with E-state index in [4.69, 9.17) is 0 Å². The molecule has 1 aliphatic carbocycles. The smallest absolute Gasteiger partial charge is 0.220 e. The average molecular weight is 367 g/mol. The number of rotatable bonds is 6. The van der Waals surface area contributed by atoms with Crippen LogP contribution in [0.25, 0.3) is 0 Å². The van der Waals surface area contributed by atoms with Crippen molar-refractivity contribution >= 4 is 11.8 Å². The zero-order valence-corrected chi connectivity index (χ0v) is 18.4. The minimum atomic E-state index is 0.0343. The summed E-state index contributed by atoms with van der Waals surface area (Å²) >= 11 is 0. The topological polar surface area (TPSA) is 58.2 Å². The van der Waals surface area contributed by atoms with E-state index in [1.165, 1.54) is 0 Å². The van der Waals surface area contributed by atoms with Gasteiger partial charge in [0, 0.05) is 24.9 Å². The SMILES string of the molecule is CCCC(=O)NC1CC(NC(=O)CCC)CC(C(C)(C)C)(C(C)(C)C)C1. The Labute approximate surface area is 161 Å². The predicted octanol–water partition coefficient (Wildman–Crippen LogP) is 4.82. The molecule has 2 amide bonds. The van der Waals surface area contributed by atoms with Crippen LogP contribution in [0.2, 0.25) is 0 Å². The van der Waals surface area contributed by atoms with Crippen LogP contribution < -0.4 is 10.6 Å². The summed E-state index contributed by atoms with van der Waals surface area (Å²) in [5.41, 5.74) is 0.187. The molecule has 0 aliphatic heterocycles. The van der Waals surface area contributed by atoms with Gasteiger partial charge in [-0.05, 0) is 48.3 Å². The first-order chi connectivity index (χ1) is 11.9. The number of hydrogen-bond acceptors (Lipinski definition) is 2. The molecule has 0 aromatic rings. The lowest BCUT2D eigenvalue weighted by Gasteiger charge is -2.59. The monoisotopic (exact) mass is 366 g/mol. The van der Waals surface area contributed by atoms with Gasteiger partial charge >= 0.3 is 0 Å². The summed E-state index contributed by atoms with van der Waals surface area (Å²) in [4.78, 5) is 24.5. The van der Waals surface area contributed by atoms with Crippen molar-refractivity contribution in [3.63, 3.8) is 0 Å². The Hall–Kier alpha value is -1.06. The first-order valence-corrected chi connectivity index (χ1v) is 10.4. The highest BCUT2D eigenvalue weighted by molar-refractivity contribution is 5.77. The van der Waals surface area contributed by atoms with Crippen molar-refractivity contribution in [2.24, 2.45) is 16.2 Å². The summed E-state index contributed by atoms with van der Waals surface area (Å²) in [6.07, 6.45) is 5.63. The zero-order chi connectivity index (χ0) is 20.2. The number of hydrogen-bond donors (Lipinski definition) is 2. The Balaban J connectivity index is 3.15. The van der Waals surface area contributed by atoms with E-state index in [9.17, 15) is 9.59 Å². The molecule has 152 valence electrons. The van der Waals surface area contributed by atoms with E-state index in [1.54, 1.807) is 0 Å². The molecule has 4 nitrogen and oxygen atoms in total. The maximum absolute atomic E-state index is 12.3. The third-order valence-electron chi connectivity index (χ3n) is 6.31. The van der Waals surface area contributed by atoms with Crippen molar-refractivity contribution in [2.75, 3.05) is 0 Å². The Kier molecular flexibility index (Phi) is 7.74. The van der Waals surface area contributed by atoms with E-state index < -0.39 is 0 Å². The second-order valence-corrected chi connectivity index (χ2v) is 10.3. The lowest BCUT2D eigenvalue weighted by atomic mass is 9.47. The van der Waals surface area contributed by atoms with Crippen LogP contribution in [0, 0.1) is 16.2 Å². The number of carbonyl (C=O) groups is 2. The van der Waals surface area contributed by atoms with Crippen LogP contribution in [0.3, 0.4) is 0 Å². The molecular formula is C22H42N2O2. The third-order valence-corrected chi connectivity index (χ3v) is 6.31. The molecular weight excluding hydrogens is 324 g/mol. The van der Waals surface area contributed by atoms with Crippen LogP contribution in [-0.2, 0) is 9.59 Å². The minimum absolute atomic E-state index is 0.0343. The molecule has 26 heavy (non-hydrogen) atoms. The molecule has 1 rings (SSSR count). The van der Waals surface area contributed by atoms with Gasteiger partial charge in [0.1, 0.15) is 0 Å². The van der Waals surface area contributed by atoms with Gasteiger partial charge < -0.3 is 10.6 Å². The molecule has 0 aromatic heterocycles. The number of amides is 2. The maximum Gasteiger partial charge on any atom is 0.220 e. The minimum Gasteiger partial charge on any atom is -0.353 e. The molecule has 0 spiro atoms. The standard InChI is InChI=1S/C22H42N2O2/c1-9-11-18(25)23-16-13-17(24-19(26)12-10-2)15-22(14-16,20(3,4)5)21(6,7)8/h16-17H,9-15H2,1-8H3,(H,23,25)(H,24,26). The van der Waals surface area contributed by atoms with Crippen molar-refractivity contribution in [3.8, 4) is 0 Å². The van der Waals surface area contributed by atoms with Gasteiger partial charge in [0.15, 0.2) is 0 Å². The maximum atomic E-state index is 12.3. The van der Waals surface area contributed by atoms with Gasteiger partial charge in [-0.3, -0.25) is 9.59 Å². The van der Waals surface area contributed by atoms with Crippen molar-refractivity contribution in [3.05, 3.63) is 0 Å². The van der Waals surface area contributed by atoms with Gasteiger partial charge in [-0.1, -0.05) is 55.4 Å². The van der Waals surface area contributed by atoms with E-state index in [0.717, 1.165) is 32.1 Å². The average Bonchev–Trinajstić information content (AvgIpc) is 2.44. The molecule has 4 heteroatoms. The van der Waals surface area contributed by atoms with E-state index in [2.05, 4.69) is 52.2 Å². The second kappa shape index (κ2) is 8.75. The summed E-state index contributed by atoms with van der Waals surface area (Å²) in [6.45, 7) is 17.9. The molecule has 1 saturated carbocycles. The predicted molar refractivity (Wildman–Crippen MR) is 109 cm³/mol. The van der Waals surface area contributed by atoms with Crippen LogP contribution in [-0.4, -0.2) is 23.9 Å². The van der Waals surface area contributed by atoms with E-state index in [-0.39, 0.29) is 40.1 Å². The largest absolute Gasteiger partial charge is 0.353 e. The van der Waals surface area contributed by atoms with Gasteiger partial charge in [-0.25, -0.2) is 0 Å². The van der Waals surface area contributed by atoms with Crippen LogP contribution in [0.5, 0.6) is 0 Å². The van der Waals surface area contributed by atoms with Gasteiger partial charge in [-0.2, -0.15) is 0 Å². The zero-order valence-electron chi connectivity index (χ0n) is 18.4. The van der Waals surface area contributed by atoms with E-state index in [1.807, 2.05) is 13.8 Å². The molecule has 2 N–H and O–H groups in total. The summed E-state index contributed by atoms with van der Waals surface area (Å²) in [5, 5.41) is 6.53. The van der Waals surface area contributed by atoms with Crippen LogP contribution in [0.15, 0.2) is 0 Å². The fourth-order valence-electron chi connectivity index (χ4n) is 5.06. The Bertz CT molecular complexity index is 441. The number of nitrogens with one attached hydrogen (secondary N) is 2. The third kappa shape index (κ3) is 5.47. The van der Waals surface area contributed by atoms with Crippen LogP contribution >= 0.6 is 0 Å². The Morgan fingerprint density at radius 3 is 1.42 bits per heavy atom. The molecule has 2 atom stereocenters. The normalized spacial score (nSPS) is 23.4. The molecule has 0 bridgehead atoms. The molecule has 2 unspecified atom stereocenters. The van der Waals surface area contributed by atoms with Crippen LogP contribution in [0.4, 0.5) is 0 Å². The van der Waals surface area contributed by atoms with Crippen molar-refractivity contribution < 1.29 is 9.59 Å². The highest BCUT2D eigenvalue weighted by atomic mass is 16.2. The number of carbonyl (C=O) groups excluding carboxylic acids is 2.